The number of benzene rings is 1. The monoisotopic (exact) mass is 694 g/mol. The van der Waals surface area contributed by atoms with Crippen molar-refractivity contribution in [3.8, 4) is 11.5 Å². The number of fused-ring (bicyclic) bond motifs is 1. The molecule has 1 aliphatic carbocycles. The summed E-state index contributed by atoms with van der Waals surface area (Å²) >= 11 is 0. The lowest BCUT2D eigenvalue weighted by Crippen LogP contribution is -2.57. The molecule has 0 bridgehead atoms. The molecule has 1 saturated heterocycles. The van der Waals surface area contributed by atoms with E-state index in [-0.39, 0.29) is 24.3 Å². The Morgan fingerprint density at radius 2 is 1.55 bits per heavy atom. The number of carbonyl (C=O) groups excluding carboxylic acids is 1. The first-order valence-electron chi connectivity index (χ1n) is 17.3. The molecule has 1 aliphatic heterocycles. The number of hydrogen-bond donors (Lipinski definition) is 3. The number of halogens is 3. The van der Waals surface area contributed by atoms with Gasteiger partial charge in [0.05, 0.1) is 5.39 Å². The molecular weight excluding hydrogens is 646 g/mol. The van der Waals surface area contributed by atoms with Crippen LogP contribution < -0.4 is 20.9 Å². The zero-order chi connectivity index (χ0) is 35.6. The number of hydrogen-bond acceptors (Lipinski definition) is 7. The second kappa shape index (κ2) is 14.5. The molecule has 3 heterocycles. The molecule has 264 valence electrons. The van der Waals surface area contributed by atoms with Gasteiger partial charge in [-0.25, -0.2) is 14.8 Å². The highest BCUT2D eigenvalue weighted by Gasteiger charge is 2.57. The van der Waals surface area contributed by atoms with Crippen molar-refractivity contribution in [2.45, 2.75) is 95.6 Å². The number of pyridine rings is 1. The Balaban J connectivity index is 1.48. The van der Waals surface area contributed by atoms with Crippen molar-refractivity contribution < 1.29 is 18.0 Å². The van der Waals surface area contributed by atoms with Gasteiger partial charge in [-0.1, -0.05) is 60.3 Å². The summed E-state index contributed by atoms with van der Waals surface area (Å²) in [7, 11) is -0.0224. The van der Waals surface area contributed by atoms with Gasteiger partial charge in [-0.3, -0.25) is 5.32 Å². The summed E-state index contributed by atoms with van der Waals surface area (Å²) in [6, 6.07) is 8.72. The van der Waals surface area contributed by atoms with E-state index >= 15 is 0 Å². The maximum Gasteiger partial charge on any atom is 0.411 e. The predicted molar refractivity (Wildman–Crippen MR) is 194 cm³/mol. The second-order valence-corrected chi connectivity index (χ2v) is 20.0. The number of nitrogens with zero attached hydrogens (tertiary/aromatic N) is 5. The Morgan fingerprint density at radius 3 is 2.12 bits per heavy atom. The Labute approximate surface area is 288 Å². The number of likely N-dealkylation sites (N-methyl/N-ethyl adjacent to an activating group) is 1. The average molecular weight is 695 g/mol. The van der Waals surface area contributed by atoms with Crippen LogP contribution in [-0.4, -0.2) is 78.9 Å². The summed E-state index contributed by atoms with van der Waals surface area (Å²) in [5.74, 6) is 3.78. The van der Waals surface area contributed by atoms with Crippen molar-refractivity contribution in [2.24, 2.45) is 0 Å². The smallest absolute Gasteiger partial charge is 0.369 e. The molecule has 13 heteroatoms. The number of alkyl halides is 3. The lowest BCUT2D eigenvalue weighted by Gasteiger charge is -2.38. The Hall–Kier alpha value is -3.89. The molecule has 0 unspecified atom stereocenters. The van der Waals surface area contributed by atoms with E-state index in [2.05, 4.69) is 113 Å². The van der Waals surface area contributed by atoms with Crippen molar-refractivity contribution in [2.75, 3.05) is 48.8 Å². The third kappa shape index (κ3) is 7.80. The number of urea groups is 1. The van der Waals surface area contributed by atoms with Crippen LogP contribution in [0.4, 0.5) is 41.1 Å². The van der Waals surface area contributed by atoms with Crippen LogP contribution in [0.5, 0.6) is 0 Å². The van der Waals surface area contributed by atoms with E-state index in [0.717, 1.165) is 37.6 Å². The molecule has 2 aliphatic rings. The van der Waals surface area contributed by atoms with Crippen LogP contribution in [0.2, 0.25) is 16.6 Å². The molecule has 2 amide bonds. The van der Waals surface area contributed by atoms with E-state index in [9.17, 15) is 18.0 Å². The van der Waals surface area contributed by atoms with Gasteiger partial charge >= 0.3 is 12.2 Å². The first-order chi connectivity index (χ1) is 23.1. The molecule has 3 aromatic rings. The highest BCUT2D eigenvalue weighted by Crippen LogP contribution is 2.43. The van der Waals surface area contributed by atoms with E-state index in [1.807, 2.05) is 12.1 Å². The highest BCUT2D eigenvalue weighted by atomic mass is 28.3. The van der Waals surface area contributed by atoms with Gasteiger partial charge in [-0.2, -0.15) is 18.2 Å². The Bertz CT molecular complexity index is 1660. The molecule has 3 N–H and O–H groups in total. The third-order valence-corrected chi connectivity index (χ3v) is 16.7. The van der Waals surface area contributed by atoms with Crippen molar-refractivity contribution in [3.05, 3.63) is 42.1 Å². The first-order valence-corrected chi connectivity index (χ1v) is 19.5. The Morgan fingerprint density at radius 1 is 0.939 bits per heavy atom. The number of amides is 2. The van der Waals surface area contributed by atoms with Crippen LogP contribution in [0.1, 0.15) is 72.8 Å². The van der Waals surface area contributed by atoms with Crippen LogP contribution >= 0.6 is 0 Å². The van der Waals surface area contributed by atoms with Crippen LogP contribution in [0.25, 0.3) is 11.0 Å². The fourth-order valence-corrected chi connectivity index (χ4v) is 12.8. The van der Waals surface area contributed by atoms with Gasteiger partial charge in [-0.05, 0) is 66.8 Å². The van der Waals surface area contributed by atoms with Crippen molar-refractivity contribution in [1.29, 1.82) is 0 Å². The van der Waals surface area contributed by atoms with Crippen LogP contribution in [0, 0.1) is 11.5 Å². The standard InChI is InChI=1S/C36H49F3N8OSi/c1-24(2)49(25(3)4,26(5)6)21-14-27-22-31(43-34(48)45-35(36(37,38)39)15-8-9-16-35)42-32-30(27)23-40-33(44-32)41-28-10-12-29(13-11-28)47-19-17-46(7)18-20-47/h10-13,22-26H,8-9,15-20H2,1-7H3,(H3,40,41,42,43,44,45,48). The lowest BCUT2D eigenvalue weighted by molar-refractivity contribution is -0.191. The minimum absolute atomic E-state index is 0.0664. The number of piperazine rings is 1. The molecule has 5 rings (SSSR count). The maximum absolute atomic E-state index is 14.0. The summed E-state index contributed by atoms with van der Waals surface area (Å²) in [6.45, 7) is 17.3. The first kappa shape index (κ1) is 36.4. The normalized spacial score (nSPS) is 17.0. The third-order valence-electron chi connectivity index (χ3n) is 10.4. The molecule has 1 saturated carbocycles. The van der Waals surface area contributed by atoms with E-state index in [1.54, 1.807) is 12.3 Å². The largest absolute Gasteiger partial charge is 0.411 e. The van der Waals surface area contributed by atoms with Crippen LogP contribution in [0.3, 0.4) is 0 Å². The molecule has 49 heavy (non-hydrogen) atoms. The van der Waals surface area contributed by atoms with Gasteiger partial charge in [0, 0.05) is 49.3 Å². The van der Waals surface area contributed by atoms with Gasteiger partial charge in [0.2, 0.25) is 5.95 Å². The van der Waals surface area contributed by atoms with Gasteiger partial charge < -0.3 is 20.4 Å². The summed E-state index contributed by atoms with van der Waals surface area (Å²) < 4.78 is 42.1. The fraction of sp³-hybridized carbons (Fsp3) is 0.556. The lowest BCUT2D eigenvalue weighted by atomic mass is 9.97. The molecule has 0 atom stereocenters. The van der Waals surface area contributed by atoms with Gasteiger partial charge in [-0.15, -0.1) is 5.54 Å². The van der Waals surface area contributed by atoms with E-state index in [1.165, 1.54) is 0 Å². The molecule has 1 aromatic carbocycles. The second-order valence-electron chi connectivity index (χ2n) is 14.5. The number of aromatic nitrogens is 3. The van der Waals surface area contributed by atoms with Gasteiger partial charge in [0.15, 0.2) is 5.65 Å². The molecule has 2 aromatic heterocycles. The molecule has 2 fully saturated rings. The topological polar surface area (TPSA) is 98.3 Å². The van der Waals surface area contributed by atoms with Crippen LogP contribution in [-0.2, 0) is 0 Å². The summed E-state index contributed by atoms with van der Waals surface area (Å²) in [6.07, 6.45) is -2.43. The van der Waals surface area contributed by atoms with E-state index in [0.29, 0.717) is 46.4 Å². The maximum atomic E-state index is 14.0. The van der Waals surface area contributed by atoms with Crippen molar-refractivity contribution >= 4 is 48.3 Å². The zero-order valence-electron chi connectivity index (χ0n) is 29.6. The fourth-order valence-electron chi connectivity index (χ4n) is 7.62. The number of nitrogens with one attached hydrogen (secondary N) is 3. The average Bonchev–Trinajstić information content (AvgIpc) is 3.51. The predicted octanol–water partition coefficient (Wildman–Crippen LogP) is 8.09. The van der Waals surface area contributed by atoms with Crippen molar-refractivity contribution in [1.82, 2.24) is 25.2 Å². The zero-order valence-corrected chi connectivity index (χ0v) is 30.6. The number of carbonyl (C=O) groups is 1. The summed E-state index contributed by atoms with van der Waals surface area (Å²) in [4.78, 5) is 31.5. The minimum Gasteiger partial charge on any atom is -0.369 e. The van der Waals surface area contributed by atoms with Gasteiger partial charge in [0.25, 0.3) is 0 Å². The van der Waals surface area contributed by atoms with E-state index in [4.69, 9.17) is 0 Å². The Kier molecular flexibility index (Phi) is 10.8. The highest BCUT2D eigenvalue weighted by molar-refractivity contribution is 6.90. The summed E-state index contributed by atoms with van der Waals surface area (Å²) in [5.41, 5.74) is 5.37. The molecular formula is C36H49F3N8OSi. The quantitative estimate of drug-likeness (QED) is 0.162. The minimum atomic E-state index is -4.57. The molecule has 0 spiro atoms. The van der Waals surface area contributed by atoms with E-state index < -0.39 is 25.8 Å². The number of anilines is 4. The summed E-state index contributed by atoms with van der Waals surface area (Å²) in [5, 5.41) is 8.63. The van der Waals surface area contributed by atoms with Crippen molar-refractivity contribution in [3.63, 3.8) is 0 Å². The number of rotatable bonds is 8. The van der Waals surface area contributed by atoms with Crippen LogP contribution in [0.15, 0.2) is 36.5 Å². The van der Waals surface area contributed by atoms with Gasteiger partial charge in [0.1, 0.15) is 19.4 Å². The SMILES string of the molecule is CC(C)[Si](C#Cc1cc(NC(=O)NC2(C(F)(F)F)CCCC2)nc2nc(Nc3ccc(N4CCN(C)CC4)cc3)ncc12)(C(C)C)C(C)C. The molecule has 0 radical (unpaired) electrons. The molecule has 9 nitrogen and oxygen atoms in total.